The molecule has 0 radical (unpaired) electrons. The topological polar surface area (TPSA) is 87.4 Å². The highest BCUT2D eigenvalue weighted by atomic mass is 19.1. The maximum absolute atomic E-state index is 17.4. The van der Waals surface area contributed by atoms with E-state index in [4.69, 9.17) is 0 Å². The van der Waals surface area contributed by atoms with Gasteiger partial charge >= 0.3 is 0 Å². The lowest BCUT2D eigenvalue weighted by atomic mass is 9.83. The Morgan fingerprint density at radius 1 is 0.889 bits per heavy atom. The van der Waals surface area contributed by atoms with Gasteiger partial charge in [0.25, 0.3) is 5.56 Å². The molecule has 0 aliphatic heterocycles. The van der Waals surface area contributed by atoms with Crippen LogP contribution in [0.15, 0.2) is 90.1 Å². The molecular formula is C29H20FN5O. The first-order valence-corrected chi connectivity index (χ1v) is 11.2. The Kier molecular flexibility index (Phi) is 5.47. The SMILES string of the molecule is Cn1cncc1[C@@](F)(c1ccc(C#N)cc1)c1ccc2c(c1)c(-c1cccc(C#N)c1)cc(=O)n2C. The van der Waals surface area contributed by atoms with E-state index in [2.05, 4.69) is 17.1 Å². The van der Waals surface area contributed by atoms with Crippen LogP contribution in [0.5, 0.6) is 0 Å². The highest BCUT2D eigenvalue weighted by Crippen LogP contribution is 2.42. The lowest BCUT2D eigenvalue weighted by molar-refractivity contribution is 0.267. The van der Waals surface area contributed by atoms with E-state index in [0.717, 1.165) is 0 Å². The Balaban J connectivity index is 1.83. The van der Waals surface area contributed by atoms with Gasteiger partial charge in [0.15, 0.2) is 0 Å². The predicted octanol–water partition coefficient (Wildman–Crippen LogP) is 4.94. The number of nitriles is 2. The highest BCUT2D eigenvalue weighted by Gasteiger charge is 2.39. The second-order valence-electron chi connectivity index (χ2n) is 8.62. The van der Waals surface area contributed by atoms with Crippen LogP contribution < -0.4 is 5.56 Å². The molecule has 5 aromatic rings. The Morgan fingerprint density at radius 3 is 2.28 bits per heavy atom. The Bertz CT molecular complexity index is 1770. The quantitative estimate of drug-likeness (QED) is 0.370. The number of hydrogen-bond donors (Lipinski definition) is 0. The molecule has 0 saturated heterocycles. The molecule has 6 nitrogen and oxygen atoms in total. The van der Waals surface area contributed by atoms with Crippen molar-refractivity contribution in [2.75, 3.05) is 0 Å². The molecule has 3 aromatic carbocycles. The molecule has 0 fully saturated rings. The zero-order valence-electron chi connectivity index (χ0n) is 19.6. The smallest absolute Gasteiger partial charge is 0.251 e. The standard InChI is InChI=1S/C29H20FN5O/c1-34-18-33-17-27(34)29(30,22-8-6-19(15-31)7-9-22)23-10-11-26-25(13-23)24(14-28(36)35(26)2)21-5-3-4-20(12-21)16-32/h3-14,17-18H,1-2H3/t29-/m1/s1. The molecule has 0 saturated carbocycles. The van der Waals surface area contributed by atoms with Crippen molar-refractivity contribution >= 4 is 10.9 Å². The summed E-state index contributed by atoms with van der Waals surface area (Å²) in [5.74, 6) is 0. The highest BCUT2D eigenvalue weighted by molar-refractivity contribution is 5.95. The summed E-state index contributed by atoms with van der Waals surface area (Å²) in [5.41, 5.74) is 1.55. The second kappa shape index (κ2) is 8.65. The average molecular weight is 474 g/mol. The maximum atomic E-state index is 17.4. The van der Waals surface area contributed by atoms with Crippen LogP contribution >= 0.6 is 0 Å². The van der Waals surface area contributed by atoms with Crippen LogP contribution in [0.1, 0.15) is 27.9 Å². The van der Waals surface area contributed by atoms with Gasteiger partial charge < -0.3 is 9.13 Å². The Morgan fingerprint density at radius 2 is 1.61 bits per heavy atom. The summed E-state index contributed by atoms with van der Waals surface area (Å²) in [6.07, 6.45) is 3.03. The molecule has 0 N–H and O–H groups in total. The number of rotatable bonds is 4. The Hall–Kier alpha value is -5.01. The lowest BCUT2D eigenvalue weighted by Gasteiger charge is -2.28. The number of pyridine rings is 1. The molecule has 174 valence electrons. The molecule has 2 heterocycles. The van der Waals surface area contributed by atoms with Gasteiger partial charge in [0.1, 0.15) is 0 Å². The Labute approximate surface area is 206 Å². The van der Waals surface area contributed by atoms with Gasteiger partial charge in [0, 0.05) is 31.1 Å². The fourth-order valence-corrected chi connectivity index (χ4v) is 4.60. The first kappa shape index (κ1) is 22.8. The molecule has 5 rings (SSSR count). The number of aromatic nitrogens is 3. The van der Waals surface area contributed by atoms with Gasteiger partial charge in [-0.05, 0) is 53.1 Å². The molecule has 36 heavy (non-hydrogen) atoms. The van der Waals surface area contributed by atoms with E-state index in [1.54, 1.807) is 79.3 Å². The summed E-state index contributed by atoms with van der Waals surface area (Å²) < 4.78 is 20.6. The number of halogens is 1. The van der Waals surface area contributed by atoms with Crippen molar-refractivity contribution in [3.8, 4) is 23.3 Å². The summed E-state index contributed by atoms with van der Waals surface area (Å²) in [6, 6.07) is 24.2. The van der Waals surface area contributed by atoms with Crippen LogP contribution in [0.25, 0.3) is 22.0 Å². The third-order valence-electron chi connectivity index (χ3n) is 6.53. The number of hydrogen-bond acceptors (Lipinski definition) is 4. The summed E-state index contributed by atoms with van der Waals surface area (Å²) in [6.45, 7) is 0. The minimum atomic E-state index is -2.09. The molecule has 0 amide bonds. The molecule has 0 aliphatic rings. The van der Waals surface area contributed by atoms with E-state index in [1.165, 1.54) is 23.2 Å². The number of fused-ring (bicyclic) bond motifs is 1. The third kappa shape index (κ3) is 3.55. The van der Waals surface area contributed by atoms with Crippen LogP contribution in [-0.4, -0.2) is 14.1 Å². The maximum Gasteiger partial charge on any atom is 0.251 e. The van der Waals surface area contributed by atoms with E-state index >= 15 is 4.39 Å². The second-order valence-corrected chi connectivity index (χ2v) is 8.62. The van der Waals surface area contributed by atoms with Crippen molar-refractivity contribution in [1.29, 1.82) is 10.5 Å². The average Bonchev–Trinajstić information content (AvgIpc) is 3.36. The largest absolute Gasteiger partial charge is 0.334 e. The van der Waals surface area contributed by atoms with E-state index < -0.39 is 5.67 Å². The van der Waals surface area contributed by atoms with E-state index in [1.807, 2.05) is 6.07 Å². The van der Waals surface area contributed by atoms with Gasteiger partial charge in [0.2, 0.25) is 5.67 Å². The first-order chi connectivity index (χ1) is 17.4. The minimum Gasteiger partial charge on any atom is -0.334 e. The summed E-state index contributed by atoms with van der Waals surface area (Å²) in [5, 5.41) is 19.3. The van der Waals surface area contributed by atoms with Crippen LogP contribution in [0.4, 0.5) is 4.39 Å². The molecule has 2 aromatic heterocycles. The van der Waals surface area contributed by atoms with Crippen LogP contribution in [-0.2, 0) is 19.8 Å². The lowest BCUT2D eigenvalue weighted by Crippen LogP contribution is -2.26. The van der Waals surface area contributed by atoms with E-state index in [0.29, 0.717) is 50.0 Å². The van der Waals surface area contributed by atoms with E-state index in [9.17, 15) is 15.3 Å². The molecular weight excluding hydrogens is 453 g/mol. The van der Waals surface area contributed by atoms with Crippen molar-refractivity contribution in [3.05, 3.63) is 124 Å². The number of alkyl halides is 1. The number of benzene rings is 3. The zero-order chi connectivity index (χ0) is 25.4. The number of aryl methyl sites for hydroxylation is 2. The van der Waals surface area contributed by atoms with Gasteiger partial charge in [0.05, 0.1) is 47.0 Å². The summed E-state index contributed by atoms with van der Waals surface area (Å²) >= 11 is 0. The van der Waals surface area contributed by atoms with Crippen molar-refractivity contribution in [2.24, 2.45) is 14.1 Å². The van der Waals surface area contributed by atoms with Gasteiger partial charge in [-0.2, -0.15) is 10.5 Å². The fourth-order valence-electron chi connectivity index (χ4n) is 4.60. The monoisotopic (exact) mass is 473 g/mol. The summed E-state index contributed by atoms with van der Waals surface area (Å²) in [4.78, 5) is 16.9. The van der Waals surface area contributed by atoms with Crippen molar-refractivity contribution < 1.29 is 4.39 Å². The normalized spacial score (nSPS) is 12.6. The first-order valence-electron chi connectivity index (χ1n) is 11.2. The van der Waals surface area contributed by atoms with Gasteiger partial charge in [-0.3, -0.25) is 4.79 Å². The van der Waals surface area contributed by atoms with Gasteiger partial charge in [-0.15, -0.1) is 0 Å². The van der Waals surface area contributed by atoms with Crippen LogP contribution in [0, 0.1) is 22.7 Å². The third-order valence-corrected chi connectivity index (χ3v) is 6.53. The molecule has 0 unspecified atom stereocenters. The van der Waals surface area contributed by atoms with Crippen molar-refractivity contribution in [1.82, 2.24) is 14.1 Å². The summed E-state index contributed by atoms with van der Waals surface area (Å²) in [7, 11) is 3.40. The number of imidazole rings is 1. The van der Waals surface area contributed by atoms with Gasteiger partial charge in [-0.25, -0.2) is 9.37 Å². The van der Waals surface area contributed by atoms with Crippen LogP contribution in [0.3, 0.4) is 0 Å². The van der Waals surface area contributed by atoms with Crippen LogP contribution in [0.2, 0.25) is 0 Å². The molecule has 1 atom stereocenters. The van der Waals surface area contributed by atoms with E-state index in [-0.39, 0.29) is 5.56 Å². The fraction of sp³-hybridized carbons (Fsp3) is 0.103. The van der Waals surface area contributed by atoms with Crippen molar-refractivity contribution in [3.63, 3.8) is 0 Å². The minimum absolute atomic E-state index is 0.210. The molecule has 0 spiro atoms. The zero-order valence-corrected chi connectivity index (χ0v) is 19.6. The molecule has 0 bridgehead atoms. The molecule has 7 heteroatoms. The molecule has 0 aliphatic carbocycles. The predicted molar refractivity (Wildman–Crippen MR) is 135 cm³/mol. The van der Waals surface area contributed by atoms with Gasteiger partial charge in [-0.1, -0.05) is 30.3 Å². The van der Waals surface area contributed by atoms with Crippen molar-refractivity contribution in [2.45, 2.75) is 5.67 Å². The number of nitrogens with zero attached hydrogens (tertiary/aromatic N) is 5.